The number of ether oxygens (including phenoxy) is 4. The molecule has 0 heterocycles. The van der Waals surface area contributed by atoms with Crippen molar-refractivity contribution in [3.8, 4) is 34.5 Å². The summed E-state index contributed by atoms with van der Waals surface area (Å²) in [4.78, 5) is 1.67. The van der Waals surface area contributed by atoms with Crippen molar-refractivity contribution in [2.75, 3.05) is 26.4 Å². The summed E-state index contributed by atoms with van der Waals surface area (Å²) < 4.78 is 22.9. The lowest BCUT2D eigenvalue weighted by Gasteiger charge is -2.16. The lowest BCUT2D eigenvalue weighted by Crippen LogP contribution is -2.00. The fourth-order valence-corrected chi connectivity index (χ4v) is 3.59. The van der Waals surface area contributed by atoms with Crippen molar-refractivity contribution in [3.05, 3.63) is 24.3 Å². The van der Waals surface area contributed by atoms with Crippen molar-refractivity contribution in [2.24, 2.45) is 0 Å². The topological polar surface area (TPSA) is 77.4 Å². The zero-order chi connectivity index (χ0) is 22.6. The summed E-state index contributed by atoms with van der Waals surface area (Å²) in [6.45, 7) is 10.0. The minimum Gasteiger partial charge on any atom is -0.502 e. The number of hydrogen-bond acceptors (Lipinski definition) is 7. The maximum Gasteiger partial charge on any atom is 0.200 e. The van der Waals surface area contributed by atoms with E-state index < -0.39 is 0 Å². The van der Waals surface area contributed by atoms with Crippen LogP contribution in [0.5, 0.6) is 34.5 Å². The van der Waals surface area contributed by atoms with Crippen LogP contribution in [0.4, 0.5) is 0 Å². The number of benzene rings is 2. The van der Waals surface area contributed by atoms with E-state index in [1.54, 1.807) is 24.3 Å². The Kier molecular flexibility index (Phi) is 10.5. The van der Waals surface area contributed by atoms with Gasteiger partial charge in [-0.2, -0.15) is 0 Å². The van der Waals surface area contributed by atoms with Gasteiger partial charge in [-0.25, -0.2) is 0 Å². The minimum absolute atomic E-state index is 0.0101. The summed E-state index contributed by atoms with van der Waals surface area (Å²) in [5.74, 6) is 1.58. The van der Waals surface area contributed by atoms with Crippen LogP contribution in [-0.2, 0) is 0 Å². The third kappa shape index (κ3) is 7.35. The first-order valence-electron chi connectivity index (χ1n) is 11.0. The van der Waals surface area contributed by atoms with Gasteiger partial charge in [0.25, 0.3) is 0 Å². The number of phenolic OH excluding ortho intramolecular Hbond substituents is 2. The molecule has 2 N–H and O–H groups in total. The van der Waals surface area contributed by atoms with Crippen LogP contribution in [0, 0.1) is 0 Å². The predicted octanol–water partition coefficient (Wildman–Crippen LogP) is 6.40. The molecule has 2 aromatic rings. The van der Waals surface area contributed by atoms with Crippen molar-refractivity contribution >= 4 is 11.8 Å². The van der Waals surface area contributed by atoms with E-state index in [-0.39, 0.29) is 11.5 Å². The lowest BCUT2D eigenvalue weighted by molar-refractivity contribution is 0.271. The molecule has 0 spiro atoms. The van der Waals surface area contributed by atoms with Crippen molar-refractivity contribution in [2.45, 2.75) is 63.2 Å². The lowest BCUT2D eigenvalue weighted by atomic mass is 10.3. The largest absolute Gasteiger partial charge is 0.502 e. The van der Waals surface area contributed by atoms with Gasteiger partial charge in [0.1, 0.15) is 0 Å². The third-order valence-corrected chi connectivity index (χ3v) is 5.05. The second kappa shape index (κ2) is 13.1. The van der Waals surface area contributed by atoms with Gasteiger partial charge >= 0.3 is 0 Å². The standard InChI is InChI=1S/C24H34O6S/c1-5-9-27-19-13-17(14-20(23(19)25)28-10-6-2)31-18-15-21(29-11-7-3)24(26)22(16-18)30-12-8-4/h13-16,25-26H,5-12H2,1-4H3. The normalized spacial score (nSPS) is 10.7. The first-order valence-corrected chi connectivity index (χ1v) is 11.8. The van der Waals surface area contributed by atoms with Gasteiger partial charge in [-0.05, 0) is 49.9 Å². The molecule has 6 nitrogen and oxygen atoms in total. The summed E-state index contributed by atoms with van der Waals surface area (Å²) in [7, 11) is 0. The average molecular weight is 451 g/mol. The van der Waals surface area contributed by atoms with E-state index in [1.807, 2.05) is 27.7 Å². The van der Waals surface area contributed by atoms with E-state index in [2.05, 4.69) is 0 Å². The maximum atomic E-state index is 10.5. The summed E-state index contributed by atoms with van der Waals surface area (Å²) in [6.07, 6.45) is 3.32. The fraction of sp³-hybridized carbons (Fsp3) is 0.500. The molecular formula is C24H34O6S. The van der Waals surface area contributed by atoms with Crippen LogP contribution in [0.2, 0.25) is 0 Å². The summed E-state index contributed by atoms with van der Waals surface area (Å²) in [5.41, 5.74) is 0. The molecule has 0 aliphatic rings. The Balaban J connectivity index is 2.39. The van der Waals surface area contributed by atoms with Gasteiger partial charge < -0.3 is 29.2 Å². The smallest absolute Gasteiger partial charge is 0.200 e. The van der Waals surface area contributed by atoms with Crippen LogP contribution >= 0.6 is 11.8 Å². The van der Waals surface area contributed by atoms with Gasteiger partial charge in [-0.3, -0.25) is 0 Å². The van der Waals surface area contributed by atoms with Crippen LogP contribution in [0.1, 0.15) is 53.4 Å². The Hall–Kier alpha value is -2.41. The molecule has 172 valence electrons. The molecule has 0 radical (unpaired) electrons. The highest BCUT2D eigenvalue weighted by molar-refractivity contribution is 7.99. The first-order chi connectivity index (χ1) is 15.0. The fourth-order valence-electron chi connectivity index (χ4n) is 2.66. The minimum atomic E-state index is 0.0101. The van der Waals surface area contributed by atoms with Crippen molar-refractivity contribution < 1.29 is 29.2 Å². The SMILES string of the molecule is CCCOc1cc(Sc2cc(OCCC)c(O)c(OCCC)c2)cc(OCCC)c1O. The Morgan fingerprint density at radius 2 is 0.806 bits per heavy atom. The molecular weight excluding hydrogens is 416 g/mol. The van der Waals surface area contributed by atoms with Gasteiger partial charge in [0.15, 0.2) is 23.0 Å². The molecule has 31 heavy (non-hydrogen) atoms. The van der Waals surface area contributed by atoms with Crippen molar-refractivity contribution in [1.82, 2.24) is 0 Å². The van der Waals surface area contributed by atoms with Crippen LogP contribution in [0.3, 0.4) is 0 Å². The summed E-state index contributed by atoms with van der Waals surface area (Å²) in [5, 5.41) is 21.0. The number of rotatable bonds is 14. The molecule has 0 bridgehead atoms. The first kappa shape index (κ1) is 24.9. The molecule has 0 aromatic heterocycles. The second-order valence-corrected chi connectivity index (χ2v) is 8.18. The van der Waals surface area contributed by atoms with Gasteiger partial charge in [0.2, 0.25) is 11.5 Å². The molecule has 0 saturated carbocycles. The van der Waals surface area contributed by atoms with Gasteiger partial charge in [-0.15, -0.1) is 0 Å². The molecule has 0 aliphatic carbocycles. The molecule has 7 heteroatoms. The van der Waals surface area contributed by atoms with Crippen LogP contribution in [-0.4, -0.2) is 36.6 Å². The van der Waals surface area contributed by atoms with E-state index in [1.165, 1.54) is 11.8 Å². The molecule has 2 rings (SSSR count). The summed E-state index contributed by atoms with van der Waals surface area (Å²) >= 11 is 1.45. The second-order valence-electron chi connectivity index (χ2n) is 7.03. The quantitative estimate of drug-likeness (QED) is 0.345. The Labute approximate surface area is 189 Å². The Bertz CT molecular complexity index is 698. The molecule has 2 aromatic carbocycles. The highest BCUT2D eigenvalue weighted by atomic mass is 32.2. The molecule has 0 atom stereocenters. The monoisotopic (exact) mass is 450 g/mol. The van der Waals surface area contributed by atoms with E-state index >= 15 is 0 Å². The van der Waals surface area contributed by atoms with E-state index in [9.17, 15) is 10.2 Å². The van der Waals surface area contributed by atoms with Gasteiger partial charge in [-0.1, -0.05) is 39.5 Å². The number of phenols is 2. The zero-order valence-electron chi connectivity index (χ0n) is 18.9. The van der Waals surface area contributed by atoms with E-state index in [4.69, 9.17) is 18.9 Å². The highest BCUT2D eigenvalue weighted by Crippen LogP contribution is 2.46. The molecule has 0 unspecified atom stereocenters. The van der Waals surface area contributed by atoms with Crippen LogP contribution in [0.25, 0.3) is 0 Å². The van der Waals surface area contributed by atoms with Crippen LogP contribution < -0.4 is 18.9 Å². The average Bonchev–Trinajstić information content (AvgIpc) is 2.77. The highest BCUT2D eigenvalue weighted by Gasteiger charge is 2.17. The Morgan fingerprint density at radius 1 is 0.548 bits per heavy atom. The third-order valence-electron chi connectivity index (χ3n) is 4.11. The Morgan fingerprint density at radius 3 is 1.03 bits per heavy atom. The van der Waals surface area contributed by atoms with Crippen LogP contribution in [0.15, 0.2) is 34.1 Å². The molecule has 0 fully saturated rings. The molecule has 0 aliphatic heterocycles. The number of hydrogen-bond donors (Lipinski definition) is 2. The zero-order valence-corrected chi connectivity index (χ0v) is 19.7. The van der Waals surface area contributed by atoms with Gasteiger partial charge in [0.05, 0.1) is 26.4 Å². The number of aromatic hydroxyl groups is 2. The van der Waals surface area contributed by atoms with E-state index in [0.29, 0.717) is 49.4 Å². The molecule has 0 amide bonds. The summed E-state index contributed by atoms with van der Waals surface area (Å²) in [6, 6.07) is 7.17. The maximum absolute atomic E-state index is 10.5. The van der Waals surface area contributed by atoms with Crippen molar-refractivity contribution in [3.63, 3.8) is 0 Å². The van der Waals surface area contributed by atoms with Gasteiger partial charge in [0, 0.05) is 9.79 Å². The predicted molar refractivity (Wildman–Crippen MR) is 123 cm³/mol. The van der Waals surface area contributed by atoms with Crippen molar-refractivity contribution in [1.29, 1.82) is 0 Å². The molecule has 0 saturated heterocycles. The van der Waals surface area contributed by atoms with E-state index in [0.717, 1.165) is 35.5 Å².